The number of benzene rings is 2. The van der Waals surface area contributed by atoms with Gasteiger partial charge in [-0.25, -0.2) is 4.98 Å². The number of halogens is 1. The van der Waals surface area contributed by atoms with Crippen molar-refractivity contribution < 1.29 is 18.8 Å². The van der Waals surface area contributed by atoms with E-state index in [1.54, 1.807) is 24.3 Å². The van der Waals surface area contributed by atoms with Gasteiger partial charge in [0.1, 0.15) is 12.4 Å². The maximum atomic E-state index is 13.4. The molecule has 0 aliphatic heterocycles. The van der Waals surface area contributed by atoms with E-state index >= 15 is 0 Å². The fourth-order valence-corrected chi connectivity index (χ4v) is 3.05. The molecule has 148 valence electrons. The molecule has 2 aromatic carbocycles. The lowest BCUT2D eigenvalue weighted by Crippen LogP contribution is -2.08. The Balaban J connectivity index is 1.67. The van der Waals surface area contributed by atoms with E-state index in [9.17, 15) is 19.3 Å². The highest BCUT2D eigenvalue weighted by Crippen LogP contribution is 2.23. The molecule has 0 aliphatic carbocycles. The van der Waals surface area contributed by atoms with Crippen molar-refractivity contribution in [1.82, 2.24) is 4.98 Å². The third-order valence-electron chi connectivity index (χ3n) is 3.79. The number of nitro groups is 1. The molecule has 3 aromatic rings. The van der Waals surface area contributed by atoms with E-state index in [0.717, 1.165) is 22.8 Å². The van der Waals surface area contributed by atoms with Gasteiger partial charge in [0.05, 0.1) is 15.6 Å². The summed E-state index contributed by atoms with van der Waals surface area (Å²) in [5.41, 5.74) is 0.917. The van der Waals surface area contributed by atoms with Crippen LogP contribution in [0.1, 0.15) is 16.3 Å². The smallest absolute Gasteiger partial charge is 0.306 e. The van der Waals surface area contributed by atoms with Crippen LogP contribution < -0.4 is 10.1 Å². The summed E-state index contributed by atoms with van der Waals surface area (Å²) in [6, 6.07) is 10.3. The van der Waals surface area contributed by atoms with Gasteiger partial charge in [-0.3, -0.25) is 14.9 Å². The Morgan fingerprint density at radius 3 is 2.86 bits per heavy atom. The molecular formula is C20H16FN3O4S. The number of nitrogens with zero attached hydrogens (tertiary/aromatic N) is 2. The first-order chi connectivity index (χ1) is 13.9. The highest BCUT2D eigenvalue weighted by molar-refractivity contribution is 7.09. The standard InChI is InChI=1S/C20H16FN3O4S/c1-13-22-16(12-29-13)11-28-19-5-3-2-4-14(19)6-9-20(25)23-15-7-8-17(21)18(10-15)24(26)27/h2-10,12H,11H2,1H3,(H,23,25)/b9-6+. The van der Waals surface area contributed by atoms with Crippen LogP contribution in [-0.4, -0.2) is 15.8 Å². The van der Waals surface area contributed by atoms with Crippen LogP contribution in [0.3, 0.4) is 0 Å². The molecule has 0 bridgehead atoms. The topological polar surface area (TPSA) is 94.4 Å². The number of nitro benzene ring substituents is 1. The van der Waals surface area contributed by atoms with E-state index in [-0.39, 0.29) is 5.69 Å². The zero-order valence-electron chi connectivity index (χ0n) is 15.3. The van der Waals surface area contributed by atoms with Gasteiger partial charge >= 0.3 is 5.69 Å². The van der Waals surface area contributed by atoms with Crippen molar-refractivity contribution in [2.24, 2.45) is 0 Å². The van der Waals surface area contributed by atoms with Crippen LogP contribution in [0.4, 0.5) is 15.8 Å². The molecule has 0 atom stereocenters. The average molecular weight is 413 g/mol. The van der Waals surface area contributed by atoms with E-state index in [4.69, 9.17) is 4.74 Å². The third kappa shape index (κ3) is 5.45. The minimum Gasteiger partial charge on any atom is -0.487 e. The van der Waals surface area contributed by atoms with Crippen LogP contribution >= 0.6 is 11.3 Å². The largest absolute Gasteiger partial charge is 0.487 e. The molecule has 0 fully saturated rings. The van der Waals surface area contributed by atoms with Crippen LogP contribution in [-0.2, 0) is 11.4 Å². The normalized spacial score (nSPS) is 10.8. The second-order valence-electron chi connectivity index (χ2n) is 5.93. The summed E-state index contributed by atoms with van der Waals surface area (Å²) in [5, 5.41) is 16.1. The number of amides is 1. The summed E-state index contributed by atoms with van der Waals surface area (Å²) in [7, 11) is 0. The number of carbonyl (C=O) groups excluding carboxylic acids is 1. The van der Waals surface area contributed by atoms with Crippen molar-refractivity contribution in [1.29, 1.82) is 0 Å². The molecule has 0 spiro atoms. The Kier molecular flexibility index (Phi) is 6.30. The molecule has 0 radical (unpaired) electrons. The first kappa shape index (κ1) is 20.2. The van der Waals surface area contributed by atoms with Crippen LogP contribution in [0, 0.1) is 22.9 Å². The van der Waals surface area contributed by atoms with Gasteiger partial charge in [-0.2, -0.15) is 4.39 Å². The Morgan fingerprint density at radius 1 is 1.34 bits per heavy atom. The van der Waals surface area contributed by atoms with Crippen molar-refractivity contribution in [3.63, 3.8) is 0 Å². The lowest BCUT2D eigenvalue weighted by atomic mass is 10.2. The summed E-state index contributed by atoms with van der Waals surface area (Å²) in [6.45, 7) is 2.22. The van der Waals surface area contributed by atoms with Gasteiger partial charge in [-0.15, -0.1) is 11.3 Å². The third-order valence-corrected chi connectivity index (χ3v) is 4.61. The van der Waals surface area contributed by atoms with Crippen LogP contribution in [0.25, 0.3) is 6.08 Å². The highest BCUT2D eigenvalue weighted by Gasteiger charge is 2.14. The van der Waals surface area contributed by atoms with Gasteiger partial charge in [0, 0.05) is 28.8 Å². The SMILES string of the molecule is Cc1nc(COc2ccccc2/C=C/C(=O)Nc2ccc(F)c([N+](=O)[O-])c2)cs1. The molecule has 1 aromatic heterocycles. The minimum absolute atomic E-state index is 0.121. The van der Waals surface area contributed by atoms with Gasteiger partial charge in [0.25, 0.3) is 0 Å². The number of nitrogens with one attached hydrogen (secondary N) is 1. The van der Waals surface area contributed by atoms with Gasteiger partial charge < -0.3 is 10.1 Å². The zero-order chi connectivity index (χ0) is 20.8. The quantitative estimate of drug-likeness (QED) is 0.343. The number of aromatic nitrogens is 1. The lowest BCUT2D eigenvalue weighted by molar-refractivity contribution is -0.387. The second-order valence-corrected chi connectivity index (χ2v) is 6.99. The molecule has 1 amide bonds. The molecule has 9 heteroatoms. The van der Waals surface area contributed by atoms with Gasteiger partial charge in [0.2, 0.25) is 11.7 Å². The van der Waals surface area contributed by atoms with Crippen molar-refractivity contribution in [3.8, 4) is 5.75 Å². The van der Waals surface area contributed by atoms with Crippen LogP contribution in [0.5, 0.6) is 5.75 Å². The summed E-state index contributed by atoms with van der Waals surface area (Å²) >= 11 is 1.54. The number of para-hydroxylation sites is 1. The number of ether oxygens (including phenoxy) is 1. The number of aryl methyl sites for hydroxylation is 1. The maximum absolute atomic E-state index is 13.4. The highest BCUT2D eigenvalue weighted by atomic mass is 32.1. The monoisotopic (exact) mass is 413 g/mol. The van der Waals surface area contributed by atoms with E-state index in [0.29, 0.717) is 17.9 Å². The zero-order valence-corrected chi connectivity index (χ0v) is 16.1. The summed E-state index contributed by atoms with van der Waals surface area (Å²) < 4.78 is 19.2. The Hall–Kier alpha value is -3.59. The van der Waals surface area contributed by atoms with Crippen molar-refractivity contribution in [3.05, 3.63) is 86.1 Å². The van der Waals surface area contributed by atoms with Gasteiger partial charge in [-0.05, 0) is 31.2 Å². The second kappa shape index (κ2) is 9.07. The molecule has 29 heavy (non-hydrogen) atoms. The number of rotatable bonds is 7. The van der Waals surface area contributed by atoms with Crippen molar-refractivity contribution in [2.45, 2.75) is 13.5 Å². The molecule has 0 saturated heterocycles. The van der Waals surface area contributed by atoms with E-state index in [2.05, 4.69) is 10.3 Å². The average Bonchev–Trinajstić information content (AvgIpc) is 3.12. The van der Waals surface area contributed by atoms with E-state index < -0.39 is 22.3 Å². The Labute approximate surface area is 169 Å². The fourth-order valence-electron chi connectivity index (χ4n) is 2.46. The van der Waals surface area contributed by atoms with Crippen LogP contribution in [0.15, 0.2) is 53.9 Å². The Morgan fingerprint density at radius 2 is 2.14 bits per heavy atom. The number of anilines is 1. The summed E-state index contributed by atoms with van der Waals surface area (Å²) in [6.07, 6.45) is 2.83. The first-order valence-corrected chi connectivity index (χ1v) is 9.36. The fraction of sp³-hybridized carbons (Fsp3) is 0.100. The Bertz CT molecular complexity index is 1080. The molecular weight excluding hydrogens is 397 g/mol. The molecule has 1 heterocycles. The molecule has 3 rings (SSSR count). The predicted octanol–water partition coefficient (Wildman–Crippen LogP) is 4.73. The number of hydrogen-bond acceptors (Lipinski definition) is 6. The molecule has 0 unspecified atom stereocenters. The number of thiazole rings is 1. The van der Waals surface area contributed by atoms with Crippen LogP contribution in [0.2, 0.25) is 0 Å². The molecule has 0 aliphatic rings. The van der Waals surface area contributed by atoms with Crippen molar-refractivity contribution in [2.75, 3.05) is 5.32 Å². The van der Waals surface area contributed by atoms with E-state index in [1.165, 1.54) is 23.5 Å². The predicted molar refractivity (Wildman–Crippen MR) is 108 cm³/mol. The van der Waals surface area contributed by atoms with E-state index in [1.807, 2.05) is 18.4 Å². The lowest BCUT2D eigenvalue weighted by Gasteiger charge is -2.08. The van der Waals surface area contributed by atoms with Gasteiger partial charge in [0.15, 0.2) is 0 Å². The maximum Gasteiger partial charge on any atom is 0.306 e. The van der Waals surface area contributed by atoms with Gasteiger partial charge in [-0.1, -0.05) is 18.2 Å². The summed E-state index contributed by atoms with van der Waals surface area (Å²) in [5.74, 6) is -0.902. The minimum atomic E-state index is -0.968. The number of carbonyl (C=O) groups is 1. The van der Waals surface area contributed by atoms with Crippen molar-refractivity contribution >= 4 is 34.7 Å². The summed E-state index contributed by atoms with van der Waals surface area (Å²) in [4.78, 5) is 26.4. The number of hydrogen-bond donors (Lipinski definition) is 1. The molecule has 1 N–H and O–H groups in total. The first-order valence-electron chi connectivity index (χ1n) is 8.48. The molecule has 0 saturated carbocycles. The molecule has 7 nitrogen and oxygen atoms in total.